The van der Waals surface area contributed by atoms with Crippen molar-refractivity contribution in [2.75, 3.05) is 83.8 Å². The molecule has 11 nitrogen and oxygen atoms in total. The summed E-state index contributed by atoms with van der Waals surface area (Å²) in [6, 6.07) is 12.0. The lowest BCUT2D eigenvalue weighted by atomic mass is 9.63. The van der Waals surface area contributed by atoms with Gasteiger partial charge in [-0.05, 0) is 111 Å². The highest BCUT2D eigenvalue weighted by Gasteiger charge is 2.50. The molecule has 2 aromatic carbocycles. The predicted octanol–water partition coefficient (Wildman–Crippen LogP) is 4.83. The lowest BCUT2D eigenvalue weighted by Crippen LogP contribution is -2.65. The first-order valence-corrected chi connectivity index (χ1v) is 24.7. The number of piperazine rings is 2. The maximum absolute atomic E-state index is 14.1. The molecule has 1 amide bonds. The van der Waals surface area contributed by atoms with Crippen LogP contribution in [-0.4, -0.2) is 134 Å². The molecule has 14 heteroatoms. The van der Waals surface area contributed by atoms with Gasteiger partial charge in [0, 0.05) is 93.3 Å². The van der Waals surface area contributed by atoms with E-state index in [1.54, 1.807) is 10.4 Å². The minimum atomic E-state index is -3.27. The van der Waals surface area contributed by atoms with Crippen LogP contribution >= 0.6 is 11.6 Å². The van der Waals surface area contributed by atoms with Gasteiger partial charge in [-0.25, -0.2) is 12.6 Å². The Kier molecular flexibility index (Phi) is 11.4. The second-order valence-corrected chi connectivity index (χ2v) is 22.7. The molecule has 3 fully saturated rings. The Balaban J connectivity index is 1.17. The quantitative estimate of drug-likeness (QED) is 0.342. The zero-order valence-corrected chi connectivity index (χ0v) is 36.3. The van der Waals surface area contributed by atoms with E-state index < -0.39 is 31.2 Å². The Morgan fingerprint density at radius 3 is 2.63 bits per heavy atom. The first kappa shape index (κ1) is 41.1. The first-order valence-electron chi connectivity index (χ1n) is 20.7. The molecule has 312 valence electrons. The summed E-state index contributed by atoms with van der Waals surface area (Å²) in [4.78, 5) is 21.3. The molecule has 0 radical (unpaired) electrons. The van der Waals surface area contributed by atoms with Gasteiger partial charge < -0.3 is 14.4 Å². The monoisotopic (exact) mass is 841 g/mol. The second kappa shape index (κ2) is 15.7. The van der Waals surface area contributed by atoms with Crippen molar-refractivity contribution in [3.05, 3.63) is 70.3 Å². The number of rotatable bonds is 4. The van der Waals surface area contributed by atoms with Crippen molar-refractivity contribution in [1.29, 1.82) is 0 Å². The number of sulfonamides is 1. The molecule has 2 aliphatic carbocycles. The van der Waals surface area contributed by atoms with E-state index in [2.05, 4.69) is 56.5 Å². The number of benzene rings is 2. The van der Waals surface area contributed by atoms with Crippen molar-refractivity contribution in [3.63, 3.8) is 0 Å². The molecule has 2 aromatic rings. The highest BCUT2D eigenvalue weighted by molar-refractivity contribution is 7.99. The summed E-state index contributed by atoms with van der Waals surface area (Å²) < 4.78 is 57.2. The average molecular weight is 843 g/mol. The highest BCUT2D eigenvalue weighted by atomic mass is 35.5. The van der Waals surface area contributed by atoms with Crippen LogP contribution in [0.15, 0.2) is 48.6 Å². The number of carbonyl (C=O) groups excluding carboxylic acids is 1. The third-order valence-corrected chi connectivity index (χ3v) is 18.1. The zero-order valence-electron chi connectivity index (χ0n) is 34.0. The normalized spacial score (nSPS) is 36.1. The van der Waals surface area contributed by atoms with Crippen molar-refractivity contribution in [2.45, 2.75) is 74.7 Å². The Hall–Kier alpha value is -2.65. The largest absolute Gasteiger partial charge is 0.490 e. The molecule has 2 saturated heterocycles. The van der Waals surface area contributed by atoms with E-state index in [4.69, 9.17) is 21.1 Å². The Morgan fingerprint density at radius 2 is 1.88 bits per heavy atom. The summed E-state index contributed by atoms with van der Waals surface area (Å²) >= 11 is 6.53. The number of hydrogen-bond acceptors (Lipinski definition) is 9. The van der Waals surface area contributed by atoms with Crippen molar-refractivity contribution in [3.8, 4) is 5.75 Å². The number of nitrogens with one attached hydrogen (secondary N) is 1. The van der Waals surface area contributed by atoms with Gasteiger partial charge in [-0.1, -0.05) is 36.7 Å². The van der Waals surface area contributed by atoms with Crippen molar-refractivity contribution < 1.29 is 26.9 Å². The topological polar surface area (TPSA) is 112 Å². The fourth-order valence-electron chi connectivity index (χ4n) is 10.7. The lowest BCUT2D eigenvalue weighted by Gasteiger charge is -2.53. The highest BCUT2D eigenvalue weighted by Crippen LogP contribution is 2.49. The summed E-state index contributed by atoms with van der Waals surface area (Å²) in [6.07, 6.45) is 11.5. The van der Waals surface area contributed by atoms with Crippen LogP contribution < -0.4 is 14.4 Å². The average Bonchev–Trinajstić information content (AvgIpc) is 3.31. The number of halogens is 1. The van der Waals surface area contributed by atoms with Gasteiger partial charge in [0.25, 0.3) is 5.91 Å². The third kappa shape index (κ3) is 8.03. The minimum Gasteiger partial charge on any atom is -0.490 e. The van der Waals surface area contributed by atoms with E-state index >= 15 is 0 Å². The summed E-state index contributed by atoms with van der Waals surface area (Å²) in [5, 5.41) is 0.360. The summed E-state index contributed by atoms with van der Waals surface area (Å²) in [7, 11) is -4.44. The molecule has 6 aliphatic rings. The number of anilines is 1. The van der Waals surface area contributed by atoms with Crippen LogP contribution in [0, 0.1) is 17.8 Å². The number of nitrogens with zero attached hydrogens (tertiary/aromatic N) is 4. The Bertz CT molecular complexity index is 2120. The molecule has 1 saturated carbocycles. The molecule has 2 bridgehead atoms. The van der Waals surface area contributed by atoms with Crippen LogP contribution in [0.2, 0.25) is 5.02 Å². The van der Waals surface area contributed by atoms with Gasteiger partial charge in [-0.2, -0.15) is 4.31 Å². The van der Waals surface area contributed by atoms with Gasteiger partial charge in [0.05, 0.1) is 28.3 Å². The maximum Gasteiger partial charge on any atom is 0.262 e. The Labute approximate surface area is 345 Å². The zero-order chi connectivity index (χ0) is 40.3. The van der Waals surface area contributed by atoms with E-state index in [1.165, 1.54) is 17.4 Å². The number of methoxy groups -OCH3 is 1. The number of aryl methyl sites for hydroxylation is 1. The number of fused-ring (bicyclic) bond motifs is 5. The molecule has 1 spiro atoms. The number of ether oxygens (including phenoxy) is 2. The fourth-order valence-corrected chi connectivity index (χ4v) is 13.2. The predicted molar refractivity (Wildman–Crippen MR) is 230 cm³/mol. The number of hydrogen-bond donors (Lipinski definition) is 1. The van der Waals surface area contributed by atoms with Crippen LogP contribution in [0.1, 0.15) is 67.4 Å². The first-order chi connectivity index (χ1) is 27.1. The van der Waals surface area contributed by atoms with E-state index in [1.807, 2.05) is 32.2 Å². The molecule has 8 rings (SSSR count). The van der Waals surface area contributed by atoms with Gasteiger partial charge >= 0.3 is 0 Å². The van der Waals surface area contributed by atoms with E-state index in [-0.39, 0.29) is 28.5 Å². The van der Waals surface area contributed by atoms with Crippen molar-refractivity contribution >= 4 is 48.8 Å². The van der Waals surface area contributed by atoms with Crippen molar-refractivity contribution in [1.82, 2.24) is 18.8 Å². The van der Waals surface area contributed by atoms with Crippen molar-refractivity contribution in [2.24, 2.45) is 17.8 Å². The Morgan fingerprint density at radius 1 is 1.07 bits per heavy atom. The third-order valence-electron chi connectivity index (χ3n) is 14.4. The summed E-state index contributed by atoms with van der Waals surface area (Å²) in [5.74, 6) is 4.89. The van der Waals surface area contributed by atoms with Gasteiger partial charge in [-0.15, -0.1) is 0 Å². The van der Waals surface area contributed by atoms with Crippen LogP contribution in [0.3, 0.4) is 0 Å². The molecular formula is C43H60ClN5O6S2. The summed E-state index contributed by atoms with van der Waals surface area (Å²) in [5.41, 5.74) is 2.99. The fraction of sp³-hybridized carbons (Fsp3) is 0.628. The molecular weight excluding hydrogens is 782 g/mol. The number of allylic oxidation sites excluding steroid dienone is 1. The minimum absolute atomic E-state index is 0.0284. The van der Waals surface area contributed by atoms with Gasteiger partial charge in [0.1, 0.15) is 11.4 Å². The summed E-state index contributed by atoms with van der Waals surface area (Å²) in [6.45, 7) is 11.0. The SMILES string of the molecule is C=S1(=O)NC(=O)c2ccc3c(c2)N(C[C@@H]2CC[C@H]2[C@@](CN2CCN4CCN(S(C)(=O)=O)C[C@H]4C2)(OC)/C=C/C[C@H](C)[C@H]1C)C[C@@]1(CCCc2cc(Cl)ccc21)CO3. The second-order valence-electron chi connectivity index (χ2n) is 17.9. The van der Waals surface area contributed by atoms with E-state index in [9.17, 15) is 17.4 Å². The lowest BCUT2D eigenvalue weighted by molar-refractivity contribution is -0.101. The molecule has 57 heavy (non-hydrogen) atoms. The van der Waals surface area contributed by atoms with Crippen LogP contribution in [0.25, 0.3) is 0 Å². The number of carbonyl (C=O) groups is 1. The molecule has 1 N–H and O–H groups in total. The molecule has 4 heterocycles. The number of amides is 1. The van der Waals surface area contributed by atoms with Gasteiger partial charge in [-0.3, -0.25) is 19.3 Å². The standard InChI is InChI=1S/C43H60ClN5O6S2/c1-30-8-6-17-43(54-3,28-46-18-19-47-20-21-49(57(5,52)53)26-36(47)25-46)38-13-10-34(38)24-48-27-42(16-7-9-32-22-35(44)12-14-37(32)42)29-55-40-15-11-33(23-39(40)48)41(50)45-56(4,51)31(30)2/h6,11-12,14-15,17,22-23,30-31,34,36,38H,4,7-10,13,16,18-21,24-29H2,1-3,5H3,(H,45,50,51)/b17-6+/t30-,31+,34-,36+,38+,42-,43+,56?/m0/s1. The maximum atomic E-state index is 14.1. The van der Waals surface area contributed by atoms with Crippen LogP contribution in [0.5, 0.6) is 5.75 Å². The van der Waals surface area contributed by atoms with E-state index in [0.717, 1.165) is 87.8 Å². The smallest absolute Gasteiger partial charge is 0.262 e. The van der Waals surface area contributed by atoms with Crippen LogP contribution in [-0.2, 0) is 36.3 Å². The molecule has 1 unspecified atom stereocenters. The molecule has 0 aromatic heterocycles. The molecule has 4 aliphatic heterocycles. The van der Waals surface area contributed by atoms with Crippen LogP contribution in [0.4, 0.5) is 5.69 Å². The van der Waals surface area contributed by atoms with Gasteiger partial charge in [0.15, 0.2) is 0 Å². The van der Waals surface area contributed by atoms with E-state index in [0.29, 0.717) is 44.1 Å². The van der Waals surface area contributed by atoms with Gasteiger partial charge in [0.2, 0.25) is 10.0 Å². The molecule has 8 atom stereocenters.